The maximum Gasteiger partial charge on any atom is 0.126 e. The maximum atomic E-state index is 4.25. The Morgan fingerprint density at radius 3 is 1.54 bits per heavy atom. The van der Waals surface area contributed by atoms with Crippen LogP contribution in [0.4, 0.5) is 23.1 Å². The molecule has 57 heavy (non-hydrogen) atoms. The molecule has 1 aliphatic rings. The lowest BCUT2D eigenvalue weighted by Gasteiger charge is -2.21. The van der Waals surface area contributed by atoms with Gasteiger partial charge in [-0.2, -0.15) is 5.10 Å². The lowest BCUT2D eigenvalue weighted by molar-refractivity contribution is 0.585. The monoisotopic (exact) mass is 795 g/mol. The second-order valence-corrected chi connectivity index (χ2v) is 16.9. The summed E-state index contributed by atoms with van der Waals surface area (Å²) in [6.45, 7) is 33.6. The average Bonchev–Trinajstić information content (AvgIpc) is 3.76. The van der Waals surface area contributed by atoms with Gasteiger partial charge < -0.3 is 26.6 Å². The van der Waals surface area contributed by atoms with Crippen LogP contribution in [0.1, 0.15) is 148 Å². The van der Waals surface area contributed by atoms with E-state index in [9.17, 15) is 0 Å². The predicted octanol–water partition coefficient (Wildman–Crippen LogP) is 12.7. The molecule has 0 saturated heterocycles. The molecule has 5 rings (SSSR count). The molecule has 0 aliphatic heterocycles. The number of hydrogen-bond acceptors (Lipinski definition) is 9. The van der Waals surface area contributed by atoms with E-state index < -0.39 is 0 Å². The normalized spacial score (nSPS) is 11.4. The van der Waals surface area contributed by atoms with E-state index in [0.717, 1.165) is 40.6 Å². The summed E-state index contributed by atoms with van der Waals surface area (Å²) in [7, 11) is 1.94. The molecule has 1 aliphatic carbocycles. The third kappa shape index (κ3) is 32.6. The van der Waals surface area contributed by atoms with E-state index >= 15 is 0 Å². The first kappa shape index (κ1) is 59.5. The summed E-state index contributed by atoms with van der Waals surface area (Å²) in [6, 6.07) is 16.7. The van der Waals surface area contributed by atoms with Crippen LogP contribution < -0.4 is 26.6 Å². The molecule has 0 spiro atoms. The number of rotatable bonds is 8. The van der Waals surface area contributed by atoms with Crippen LogP contribution in [0.25, 0.3) is 0 Å². The van der Waals surface area contributed by atoms with Gasteiger partial charge in [0.2, 0.25) is 0 Å². The van der Waals surface area contributed by atoms with Crippen LogP contribution in [0.2, 0.25) is 0 Å². The maximum absolute atomic E-state index is 4.25. The standard InChI is InChI=1S/2C10H16N2.C9H14N2.C8H15N3.C6H13N.4CH4/c1-8-5-6-9(7-11-8)12-10(2,3)4;1-8-5-6-9(11-7-8)12-10(2,3)4;1-7(2)11-9-6-8(3)4-5-10-9;1-6(2)9-8-5-7(3)10-11(8)4;1-5(2)7-6-3-4-6;;;;/h5-7,12H,1-4H3;5-7H,1-4H3,(H,11,12);4-7H,1-3H3,(H,10,11);5-6,9H,1-4H3;5-7H,3-4H2,1-2H3;4*1H4. The van der Waals surface area contributed by atoms with Crippen LogP contribution in [0.5, 0.6) is 0 Å². The molecule has 4 aromatic rings. The minimum absolute atomic E-state index is 0. The van der Waals surface area contributed by atoms with Crippen molar-refractivity contribution in [1.82, 2.24) is 30.0 Å². The van der Waals surface area contributed by atoms with Crippen molar-refractivity contribution in [2.75, 3.05) is 21.3 Å². The van der Waals surface area contributed by atoms with Crippen molar-refractivity contribution in [3.05, 3.63) is 83.6 Å². The first-order valence-corrected chi connectivity index (χ1v) is 19.2. The van der Waals surface area contributed by atoms with Crippen LogP contribution in [0.15, 0.2) is 61.1 Å². The molecule has 1 saturated carbocycles. The Kier molecular flexibility index (Phi) is 30.4. The Labute approximate surface area is 352 Å². The van der Waals surface area contributed by atoms with E-state index in [-0.39, 0.29) is 40.8 Å². The van der Waals surface area contributed by atoms with Gasteiger partial charge in [0, 0.05) is 66.4 Å². The number of anilines is 4. The minimum atomic E-state index is 0. The van der Waals surface area contributed by atoms with E-state index in [1.165, 1.54) is 24.0 Å². The molecule has 0 bridgehead atoms. The van der Waals surface area contributed by atoms with Crippen molar-refractivity contribution < 1.29 is 0 Å². The highest BCUT2D eigenvalue weighted by molar-refractivity contribution is 5.43. The van der Waals surface area contributed by atoms with Crippen molar-refractivity contribution in [2.24, 2.45) is 7.05 Å². The predicted molar refractivity (Wildman–Crippen MR) is 257 cm³/mol. The Morgan fingerprint density at radius 1 is 0.596 bits per heavy atom. The molecular formula is C47H90N10. The van der Waals surface area contributed by atoms with E-state index in [4.69, 9.17) is 0 Å². The van der Waals surface area contributed by atoms with Gasteiger partial charge in [-0.15, -0.1) is 0 Å². The Hall–Kier alpha value is -4.18. The summed E-state index contributed by atoms with van der Waals surface area (Å²) in [4.78, 5) is 12.6. The Balaban J connectivity index is -0.000000305. The largest absolute Gasteiger partial charge is 0.379 e. The van der Waals surface area contributed by atoms with Crippen molar-refractivity contribution in [1.29, 1.82) is 0 Å². The highest BCUT2D eigenvalue weighted by Gasteiger charge is 2.20. The topological polar surface area (TPSA) is 117 Å². The van der Waals surface area contributed by atoms with E-state index in [0.29, 0.717) is 18.1 Å². The zero-order chi connectivity index (χ0) is 40.4. The third-order valence-electron chi connectivity index (χ3n) is 6.78. The summed E-state index contributed by atoms with van der Waals surface area (Å²) in [5.41, 5.74) is 5.80. The second-order valence-electron chi connectivity index (χ2n) is 16.9. The molecule has 0 radical (unpaired) electrons. The molecule has 328 valence electrons. The van der Waals surface area contributed by atoms with Gasteiger partial charge in [0.25, 0.3) is 0 Å². The zero-order valence-corrected chi connectivity index (χ0v) is 36.2. The van der Waals surface area contributed by atoms with Gasteiger partial charge in [-0.1, -0.05) is 49.6 Å². The minimum Gasteiger partial charge on any atom is -0.379 e. The van der Waals surface area contributed by atoms with Crippen molar-refractivity contribution in [3.63, 3.8) is 0 Å². The number of hydrogen-bond donors (Lipinski definition) is 5. The number of pyridine rings is 3. The smallest absolute Gasteiger partial charge is 0.126 e. The Bertz CT molecular complexity index is 1480. The summed E-state index contributed by atoms with van der Waals surface area (Å²) in [6.07, 6.45) is 8.35. The fraction of sp³-hybridized carbons (Fsp3) is 0.617. The van der Waals surface area contributed by atoms with Gasteiger partial charge in [-0.05, 0) is 151 Å². The number of aryl methyl sites for hydroxylation is 5. The molecule has 4 heterocycles. The summed E-state index contributed by atoms with van der Waals surface area (Å²) in [5.74, 6) is 2.98. The van der Waals surface area contributed by atoms with Gasteiger partial charge in [0.1, 0.15) is 17.5 Å². The lowest BCUT2D eigenvalue weighted by Crippen LogP contribution is -2.26. The zero-order valence-electron chi connectivity index (χ0n) is 36.2. The molecule has 5 N–H and O–H groups in total. The third-order valence-corrected chi connectivity index (χ3v) is 6.78. The summed E-state index contributed by atoms with van der Waals surface area (Å²) < 4.78 is 1.86. The van der Waals surface area contributed by atoms with Gasteiger partial charge in [-0.25, -0.2) is 9.97 Å². The molecule has 0 aromatic carbocycles. The quantitative estimate of drug-likeness (QED) is 0.119. The Morgan fingerprint density at radius 2 is 1.18 bits per heavy atom. The van der Waals surface area contributed by atoms with E-state index in [2.05, 4.69) is 143 Å². The van der Waals surface area contributed by atoms with Gasteiger partial charge in [0.15, 0.2) is 0 Å². The number of aromatic nitrogens is 5. The molecule has 0 atom stereocenters. The fourth-order valence-electron chi connectivity index (χ4n) is 4.57. The average molecular weight is 795 g/mol. The highest BCUT2D eigenvalue weighted by atomic mass is 15.3. The van der Waals surface area contributed by atoms with Crippen molar-refractivity contribution in [3.8, 4) is 0 Å². The molecule has 4 aromatic heterocycles. The van der Waals surface area contributed by atoms with Crippen molar-refractivity contribution >= 4 is 23.1 Å². The van der Waals surface area contributed by atoms with Crippen LogP contribution in [-0.4, -0.2) is 60.0 Å². The second kappa shape index (κ2) is 29.1. The molecule has 1 fully saturated rings. The van der Waals surface area contributed by atoms with E-state index in [1.54, 1.807) is 0 Å². The summed E-state index contributed by atoms with van der Waals surface area (Å²) in [5, 5.41) is 20.8. The molecule has 10 heteroatoms. The molecular weight excluding hydrogens is 705 g/mol. The first-order valence-electron chi connectivity index (χ1n) is 19.2. The van der Waals surface area contributed by atoms with Crippen LogP contribution in [0.3, 0.4) is 0 Å². The van der Waals surface area contributed by atoms with Gasteiger partial charge in [0.05, 0.1) is 17.6 Å². The lowest BCUT2D eigenvalue weighted by atomic mass is 10.1. The van der Waals surface area contributed by atoms with Crippen molar-refractivity contribution in [2.45, 2.75) is 189 Å². The molecule has 0 unspecified atom stereocenters. The SMILES string of the molecule is C.C.C.C.CC(C)NC1CC1.Cc1cc(NC(C)C)n(C)n1.Cc1ccc(NC(C)(C)C)cn1.Cc1ccc(NC(C)(C)C)nc1.Cc1ccnc(NC(C)C)c1. The van der Waals surface area contributed by atoms with Crippen LogP contribution in [0, 0.1) is 27.7 Å². The number of nitrogens with one attached hydrogen (secondary N) is 5. The van der Waals surface area contributed by atoms with Gasteiger partial charge >= 0.3 is 0 Å². The fourth-order valence-corrected chi connectivity index (χ4v) is 4.57. The molecule has 0 amide bonds. The molecule has 10 nitrogen and oxygen atoms in total. The van der Waals surface area contributed by atoms with Crippen LogP contribution in [-0.2, 0) is 7.05 Å². The summed E-state index contributed by atoms with van der Waals surface area (Å²) >= 11 is 0. The first-order chi connectivity index (χ1) is 24.5. The number of nitrogens with zero attached hydrogens (tertiary/aromatic N) is 5. The van der Waals surface area contributed by atoms with E-state index in [1.807, 2.05) is 87.5 Å². The highest BCUT2D eigenvalue weighted by Crippen LogP contribution is 2.19. The van der Waals surface area contributed by atoms with Gasteiger partial charge in [-0.3, -0.25) is 9.67 Å². The van der Waals surface area contributed by atoms with Crippen LogP contribution >= 0.6 is 0 Å².